The van der Waals surface area contributed by atoms with Crippen LogP contribution in [0.2, 0.25) is 0 Å². The summed E-state index contributed by atoms with van der Waals surface area (Å²) >= 11 is 0. The van der Waals surface area contributed by atoms with E-state index in [1.54, 1.807) is 0 Å². The van der Waals surface area contributed by atoms with Crippen molar-refractivity contribution >= 4 is 0 Å². The average molecular weight is 248 g/mol. The molecule has 0 saturated carbocycles. The van der Waals surface area contributed by atoms with Crippen molar-refractivity contribution in [2.75, 3.05) is 0 Å². The molecule has 0 amide bonds. The highest BCUT2D eigenvalue weighted by molar-refractivity contribution is 5.22. The molecule has 0 unspecified atom stereocenters. The number of nitrogens with zero attached hydrogens (tertiary/aromatic N) is 2. The molecule has 0 aliphatic heterocycles. The molecule has 0 atom stereocenters. The Morgan fingerprint density at radius 3 is 2.67 bits per heavy atom. The summed E-state index contributed by atoms with van der Waals surface area (Å²) in [7, 11) is 0. The molecule has 0 spiro atoms. The Morgan fingerprint density at radius 2 is 2.00 bits per heavy atom. The quantitative estimate of drug-likeness (QED) is 0.821. The monoisotopic (exact) mass is 248 g/mol. The maximum absolute atomic E-state index is 12.6. The maximum atomic E-state index is 12.6. The van der Waals surface area contributed by atoms with Gasteiger partial charge in [-0.25, -0.2) is 4.98 Å². The minimum atomic E-state index is 0.212. The number of rotatable bonds is 4. The molecule has 0 radical (unpaired) electrons. The van der Waals surface area contributed by atoms with E-state index < -0.39 is 0 Å². The normalized spacial score (nSPS) is 14.9. The van der Waals surface area contributed by atoms with Crippen LogP contribution in [-0.4, -0.2) is 9.55 Å². The number of fused-ring (bicyclic) bond motifs is 1. The van der Waals surface area contributed by atoms with Gasteiger partial charge in [-0.3, -0.25) is 9.36 Å². The van der Waals surface area contributed by atoms with Gasteiger partial charge >= 0.3 is 0 Å². The third kappa shape index (κ3) is 2.50. The number of unbranched alkanes of at least 4 members (excludes halogenated alkanes) is 1. The van der Waals surface area contributed by atoms with Gasteiger partial charge in [0.2, 0.25) is 0 Å². The lowest BCUT2D eigenvalue weighted by Crippen LogP contribution is -2.32. The first-order valence-electron chi connectivity index (χ1n) is 7.28. The van der Waals surface area contributed by atoms with E-state index in [-0.39, 0.29) is 11.6 Å². The highest BCUT2D eigenvalue weighted by Crippen LogP contribution is 2.18. The molecular formula is C15H24N2O. The minimum absolute atomic E-state index is 0.212. The van der Waals surface area contributed by atoms with Gasteiger partial charge in [-0.2, -0.15) is 0 Å². The van der Waals surface area contributed by atoms with Crippen molar-refractivity contribution in [3.05, 3.63) is 27.4 Å². The van der Waals surface area contributed by atoms with Crippen LogP contribution in [-0.2, 0) is 19.3 Å². The van der Waals surface area contributed by atoms with Gasteiger partial charge in [0.25, 0.3) is 5.56 Å². The number of hydrogen-bond acceptors (Lipinski definition) is 2. The molecule has 1 aromatic rings. The lowest BCUT2D eigenvalue weighted by atomic mass is 9.96. The first kappa shape index (κ1) is 13.3. The fraction of sp³-hybridized carbons (Fsp3) is 0.733. The van der Waals surface area contributed by atoms with E-state index >= 15 is 0 Å². The van der Waals surface area contributed by atoms with Gasteiger partial charge in [0.15, 0.2) is 0 Å². The third-order valence-electron chi connectivity index (χ3n) is 3.73. The van der Waals surface area contributed by atoms with Crippen LogP contribution < -0.4 is 5.56 Å². The highest BCUT2D eigenvalue weighted by Gasteiger charge is 2.19. The van der Waals surface area contributed by atoms with E-state index in [0.717, 1.165) is 55.6 Å². The van der Waals surface area contributed by atoms with Crippen molar-refractivity contribution in [1.82, 2.24) is 9.55 Å². The van der Waals surface area contributed by atoms with Gasteiger partial charge in [0, 0.05) is 18.0 Å². The average Bonchev–Trinajstić information content (AvgIpc) is 2.36. The largest absolute Gasteiger partial charge is 0.294 e. The van der Waals surface area contributed by atoms with Crippen LogP contribution in [0.1, 0.15) is 69.6 Å². The fourth-order valence-corrected chi connectivity index (χ4v) is 2.76. The summed E-state index contributed by atoms with van der Waals surface area (Å²) in [5.74, 6) is 0.998. The Bertz CT molecular complexity index is 474. The van der Waals surface area contributed by atoms with Gasteiger partial charge in [-0.05, 0) is 46.0 Å². The predicted molar refractivity (Wildman–Crippen MR) is 74.1 cm³/mol. The molecule has 0 saturated heterocycles. The zero-order valence-corrected chi connectivity index (χ0v) is 11.8. The standard InChI is InChI=1S/C15H24N2O/c1-4-5-10-14-16-13-9-7-6-8-12(13)15(18)17(14)11(2)3/h11H,4-10H2,1-3H3. The zero-order valence-electron chi connectivity index (χ0n) is 11.8. The summed E-state index contributed by atoms with van der Waals surface area (Å²) in [5, 5.41) is 0. The Hall–Kier alpha value is -1.12. The Balaban J connectivity index is 2.50. The van der Waals surface area contributed by atoms with Crippen molar-refractivity contribution in [2.45, 2.75) is 71.8 Å². The highest BCUT2D eigenvalue weighted by atomic mass is 16.1. The summed E-state index contributed by atoms with van der Waals surface area (Å²) in [4.78, 5) is 17.4. The predicted octanol–water partition coefficient (Wildman–Crippen LogP) is 3.05. The van der Waals surface area contributed by atoms with Crippen molar-refractivity contribution in [3.8, 4) is 0 Å². The molecule has 2 rings (SSSR count). The van der Waals surface area contributed by atoms with Crippen LogP contribution in [0, 0.1) is 0 Å². The summed E-state index contributed by atoms with van der Waals surface area (Å²) < 4.78 is 1.92. The lowest BCUT2D eigenvalue weighted by Gasteiger charge is -2.21. The van der Waals surface area contributed by atoms with E-state index in [1.165, 1.54) is 6.42 Å². The molecule has 0 aromatic carbocycles. The van der Waals surface area contributed by atoms with E-state index in [9.17, 15) is 4.79 Å². The summed E-state index contributed by atoms with van der Waals surface area (Å²) in [6.07, 6.45) is 7.40. The molecule has 3 heteroatoms. The van der Waals surface area contributed by atoms with Crippen LogP contribution in [0.3, 0.4) is 0 Å². The molecule has 1 aromatic heterocycles. The van der Waals surface area contributed by atoms with Gasteiger partial charge in [-0.15, -0.1) is 0 Å². The Kier molecular flexibility index (Phi) is 4.20. The second kappa shape index (κ2) is 5.68. The van der Waals surface area contributed by atoms with Gasteiger partial charge < -0.3 is 0 Å². The number of aryl methyl sites for hydroxylation is 2. The van der Waals surface area contributed by atoms with Crippen LogP contribution in [0.5, 0.6) is 0 Å². The van der Waals surface area contributed by atoms with Crippen molar-refractivity contribution in [3.63, 3.8) is 0 Å². The summed E-state index contributed by atoms with van der Waals surface area (Å²) in [5.41, 5.74) is 2.28. The molecule has 100 valence electrons. The molecule has 0 fully saturated rings. The second-order valence-electron chi connectivity index (χ2n) is 5.53. The first-order chi connectivity index (χ1) is 8.65. The van der Waals surface area contributed by atoms with Crippen LogP contribution in [0.4, 0.5) is 0 Å². The van der Waals surface area contributed by atoms with E-state index in [4.69, 9.17) is 4.98 Å². The summed E-state index contributed by atoms with van der Waals surface area (Å²) in [6, 6.07) is 0.212. The molecule has 1 aliphatic carbocycles. The topological polar surface area (TPSA) is 34.9 Å². The molecular weight excluding hydrogens is 224 g/mol. The van der Waals surface area contributed by atoms with Crippen molar-refractivity contribution < 1.29 is 0 Å². The Labute approximate surface area is 109 Å². The van der Waals surface area contributed by atoms with E-state index in [0.29, 0.717) is 0 Å². The summed E-state index contributed by atoms with van der Waals surface area (Å²) in [6.45, 7) is 6.33. The van der Waals surface area contributed by atoms with Gasteiger partial charge in [-0.1, -0.05) is 13.3 Å². The smallest absolute Gasteiger partial charge is 0.257 e. The Morgan fingerprint density at radius 1 is 1.28 bits per heavy atom. The van der Waals surface area contributed by atoms with Gasteiger partial charge in [0.05, 0.1) is 5.69 Å². The molecule has 1 aliphatic rings. The SMILES string of the molecule is CCCCc1nc2c(c(=O)n1C(C)C)CCCC2. The molecule has 1 heterocycles. The first-order valence-corrected chi connectivity index (χ1v) is 7.28. The van der Waals surface area contributed by atoms with Crippen LogP contribution in [0.15, 0.2) is 4.79 Å². The molecule has 0 N–H and O–H groups in total. The lowest BCUT2D eigenvalue weighted by molar-refractivity contribution is 0.505. The zero-order chi connectivity index (χ0) is 13.1. The van der Waals surface area contributed by atoms with Gasteiger partial charge in [0.1, 0.15) is 5.82 Å². The van der Waals surface area contributed by atoms with Crippen molar-refractivity contribution in [2.24, 2.45) is 0 Å². The number of hydrogen-bond donors (Lipinski definition) is 0. The molecule has 18 heavy (non-hydrogen) atoms. The van der Waals surface area contributed by atoms with Crippen molar-refractivity contribution in [1.29, 1.82) is 0 Å². The minimum Gasteiger partial charge on any atom is -0.294 e. The third-order valence-corrected chi connectivity index (χ3v) is 3.73. The maximum Gasteiger partial charge on any atom is 0.257 e. The molecule has 3 nitrogen and oxygen atoms in total. The number of aromatic nitrogens is 2. The van der Waals surface area contributed by atoms with Crippen LogP contribution >= 0.6 is 0 Å². The second-order valence-corrected chi connectivity index (χ2v) is 5.53. The fourth-order valence-electron chi connectivity index (χ4n) is 2.76. The van der Waals surface area contributed by atoms with Crippen LogP contribution in [0.25, 0.3) is 0 Å². The van der Waals surface area contributed by atoms with E-state index in [2.05, 4.69) is 20.8 Å². The van der Waals surface area contributed by atoms with E-state index in [1.807, 2.05) is 4.57 Å². The molecule has 0 bridgehead atoms.